The number of nitrogens with zero attached hydrogens (tertiary/aromatic N) is 1. The zero-order chi connectivity index (χ0) is 12.7. The number of methoxy groups -OCH3 is 1. The standard InChI is InChI=1S/C13H18N2OS/c1-10(7-8-16-2)15-12-5-4-6-13(17-3)11(12)9-14/h4-6,10,15H,7-8H2,1-3H3. The Balaban J connectivity index is 2.80. The van der Waals surface area contributed by atoms with Crippen molar-refractivity contribution in [2.75, 3.05) is 25.3 Å². The van der Waals surface area contributed by atoms with Gasteiger partial charge in [-0.1, -0.05) is 6.07 Å². The van der Waals surface area contributed by atoms with E-state index in [9.17, 15) is 5.26 Å². The topological polar surface area (TPSA) is 45.0 Å². The van der Waals surface area contributed by atoms with E-state index in [1.54, 1.807) is 18.9 Å². The number of rotatable bonds is 6. The number of hydrogen-bond acceptors (Lipinski definition) is 4. The second kappa shape index (κ2) is 7.21. The molecule has 0 saturated heterocycles. The Hall–Kier alpha value is -1.18. The van der Waals surface area contributed by atoms with Gasteiger partial charge in [0.1, 0.15) is 6.07 Å². The third kappa shape index (κ3) is 3.95. The Kier molecular flexibility index (Phi) is 5.88. The minimum atomic E-state index is 0.291. The van der Waals surface area contributed by atoms with Gasteiger partial charge in [-0.15, -0.1) is 11.8 Å². The lowest BCUT2D eigenvalue weighted by atomic mass is 10.1. The van der Waals surface area contributed by atoms with Gasteiger partial charge >= 0.3 is 0 Å². The number of nitriles is 1. The van der Waals surface area contributed by atoms with Gasteiger partial charge in [-0.05, 0) is 31.7 Å². The molecule has 0 saturated carbocycles. The van der Waals surface area contributed by atoms with Crippen LogP contribution in [0.25, 0.3) is 0 Å². The molecule has 1 N–H and O–H groups in total. The van der Waals surface area contributed by atoms with E-state index < -0.39 is 0 Å². The third-order valence-corrected chi connectivity index (χ3v) is 3.29. The highest BCUT2D eigenvalue weighted by Crippen LogP contribution is 2.26. The van der Waals surface area contributed by atoms with Crippen molar-refractivity contribution in [3.05, 3.63) is 23.8 Å². The lowest BCUT2D eigenvalue weighted by molar-refractivity contribution is 0.191. The summed E-state index contributed by atoms with van der Waals surface area (Å²) in [6.07, 6.45) is 2.90. The quantitative estimate of drug-likeness (QED) is 0.788. The molecule has 1 atom stereocenters. The fourth-order valence-corrected chi connectivity index (χ4v) is 2.14. The Morgan fingerprint density at radius 3 is 2.88 bits per heavy atom. The van der Waals surface area contributed by atoms with E-state index in [2.05, 4.69) is 18.3 Å². The first-order valence-corrected chi connectivity index (χ1v) is 6.78. The van der Waals surface area contributed by atoms with Crippen LogP contribution in [0.1, 0.15) is 18.9 Å². The Morgan fingerprint density at radius 2 is 2.29 bits per heavy atom. The molecule has 0 spiro atoms. The van der Waals surface area contributed by atoms with Crippen LogP contribution in [-0.2, 0) is 4.74 Å². The highest BCUT2D eigenvalue weighted by molar-refractivity contribution is 7.98. The van der Waals surface area contributed by atoms with Crippen LogP contribution >= 0.6 is 11.8 Å². The van der Waals surface area contributed by atoms with Gasteiger partial charge in [-0.25, -0.2) is 0 Å². The van der Waals surface area contributed by atoms with Crippen molar-refractivity contribution < 1.29 is 4.74 Å². The fraction of sp³-hybridized carbons (Fsp3) is 0.462. The minimum Gasteiger partial charge on any atom is -0.385 e. The smallest absolute Gasteiger partial charge is 0.102 e. The van der Waals surface area contributed by atoms with Crippen molar-refractivity contribution in [1.29, 1.82) is 5.26 Å². The Bertz CT molecular complexity index is 401. The summed E-state index contributed by atoms with van der Waals surface area (Å²) >= 11 is 1.59. The number of benzene rings is 1. The molecular formula is C13H18N2OS. The highest BCUT2D eigenvalue weighted by Gasteiger charge is 2.09. The molecule has 1 aromatic carbocycles. The molecule has 0 amide bonds. The number of hydrogen-bond donors (Lipinski definition) is 1. The SMILES string of the molecule is COCCC(C)Nc1cccc(SC)c1C#N. The molecule has 1 aromatic rings. The lowest BCUT2D eigenvalue weighted by Crippen LogP contribution is -2.18. The van der Waals surface area contributed by atoms with E-state index in [1.807, 2.05) is 24.5 Å². The van der Waals surface area contributed by atoms with E-state index in [0.717, 1.165) is 29.2 Å². The number of thioether (sulfide) groups is 1. The maximum Gasteiger partial charge on any atom is 0.102 e. The Morgan fingerprint density at radius 1 is 1.53 bits per heavy atom. The summed E-state index contributed by atoms with van der Waals surface area (Å²) in [5.41, 5.74) is 1.63. The van der Waals surface area contributed by atoms with E-state index in [4.69, 9.17) is 4.74 Å². The second-order valence-electron chi connectivity index (χ2n) is 3.82. The molecule has 1 rings (SSSR count). The molecule has 1 unspecified atom stereocenters. The number of nitrogens with one attached hydrogen (secondary N) is 1. The third-order valence-electron chi connectivity index (χ3n) is 2.51. The molecule has 3 nitrogen and oxygen atoms in total. The summed E-state index contributed by atoms with van der Waals surface area (Å²) in [6, 6.07) is 8.44. The van der Waals surface area contributed by atoms with Crippen molar-refractivity contribution in [2.24, 2.45) is 0 Å². The predicted octanol–water partition coefficient (Wildman–Crippen LogP) is 3.12. The van der Waals surface area contributed by atoms with Crippen molar-refractivity contribution in [1.82, 2.24) is 0 Å². The molecule has 0 aliphatic carbocycles. The summed E-state index contributed by atoms with van der Waals surface area (Å²) in [5.74, 6) is 0. The van der Waals surface area contributed by atoms with E-state index in [0.29, 0.717) is 6.04 Å². The summed E-state index contributed by atoms with van der Waals surface area (Å²) in [5, 5.41) is 12.5. The minimum absolute atomic E-state index is 0.291. The predicted molar refractivity (Wildman–Crippen MR) is 72.5 cm³/mol. The van der Waals surface area contributed by atoms with Crippen LogP contribution in [0, 0.1) is 11.3 Å². The van der Waals surface area contributed by atoms with Crippen LogP contribution in [-0.4, -0.2) is 26.0 Å². The van der Waals surface area contributed by atoms with Crippen LogP contribution in [0.5, 0.6) is 0 Å². The van der Waals surface area contributed by atoms with Crippen molar-refractivity contribution in [2.45, 2.75) is 24.3 Å². The molecule has 17 heavy (non-hydrogen) atoms. The summed E-state index contributed by atoms with van der Waals surface area (Å²) < 4.78 is 5.04. The molecule has 92 valence electrons. The zero-order valence-corrected chi connectivity index (χ0v) is 11.3. The van der Waals surface area contributed by atoms with E-state index >= 15 is 0 Å². The molecule has 0 aliphatic rings. The number of anilines is 1. The average Bonchev–Trinajstić information content (AvgIpc) is 2.35. The zero-order valence-electron chi connectivity index (χ0n) is 10.5. The van der Waals surface area contributed by atoms with Gasteiger partial charge in [0.15, 0.2) is 0 Å². The molecule has 0 bridgehead atoms. The van der Waals surface area contributed by atoms with Crippen LogP contribution < -0.4 is 5.32 Å². The van der Waals surface area contributed by atoms with Crippen LogP contribution in [0.2, 0.25) is 0 Å². The summed E-state index contributed by atoms with van der Waals surface area (Å²) in [7, 11) is 1.70. The van der Waals surface area contributed by atoms with Crippen LogP contribution in [0.15, 0.2) is 23.1 Å². The molecule has 4 heteroatoms. The van der Waals surface area contributed by atoms with Gasteiger partial charge in [0.25, 0.3) is 0 Å². The van der Waals surface area contributed by atoms with E-state index in [-0.39, 0.29) is 0 Å². The van der Waals surface area contributed by atoms with Gasteiger partial charge in [-0.3, -0.25) is 0 Å². The van der Waals surface area contributed by atoms with Gasteiger partial charge in [0, 0.05) is 24.7 Å². The molecular weight excluding hydrogens is 232 g/mol. The largest absolute Gasteiger partial charge is 0.385 e. The van der Waals surface area contributed by atoms with Gasteiger partial charge in [0.2, 0.25) is 0 Å². The van der Waals surface area contributed by atoms with Crippen LogP contribution in [0.4, 0.5) is 5.69 Å². The Labute approximate surface area is 107 Å². The van der Waals surface area contributed by atoms with Crippen molar-refractivity contribution in [3.8, 4) is 6.07 Å². The second-order valence-corrected chi connectivity index (χ2v) is 4.67. The van der Waals surface area contributed by atoms with E-state index in [1.165, 1.54) is 0 Å². The maximum absolute atomic E-state index is 9.19. The van der Waals surface area contributed by atoms with Gasteiger partial charge in [0.05, 0.1) is 11.3 Å². The highest BCUT2D eigenvalue weighted by atomic mass is 32.2. The maximum atomic E-state index is 9.19. The first-order valence-electron chi connectivity index (χ1n) is 5.55. The molecule has 0 radical (unpaired) electrons. The number of ether oxygens (including phenoxy) is 1. The molecule has 0 heterocycles. The first kappa shape index (κ1) is 13.9. The molecule has 0 fully saturated rings. The fourth-order valence-electron chi connectivity index (χ4n) is 1.57. The average molecular weight is 250 g/mol. The summed E-state index contributed by atoms with van der Waals surface area (Å²) in [6.45, 7) is 2.81. The summed E-state index contributed by atoms with van der Waals surface area (Å²) in [4.78, 5) is 1.01. The molecule has 0 aliphatic heterocycles. The van der Waals surface area contributed by atoms with Crippen molar-refractivity contribution in [3.63, 3.8) is 0 Å². The lowest BCUT2D eigenvalue weighted by Gasteiger charge is -2.16. The van der Waals surface area contributed by atoms with Crippen LogP contribution in [0.3, 0.4) is 0 Å². The van der Waals surface area contributed by atoms with Gasteiger partial charge in [-0.2, -0.15) is 5.26 Å². The van der Waals surface area contributed by atoms with Gasteiger partial charge < -0.3 is 10.1 Å². The monoisotopic (exact) mass is 250 g/mol. The normalized spacial score (nSPS) is 11.9. The van der Waals surface area contributed by atoms with Crippen molar-refractivity contribution >= 4 is 17.4 Å². The molecule has 0 aromatic heterocycles. The first-order chi connectivity index (χ1) is 8.22.